The number of aliphatic hydroxyl groups excluding tert-OH is 4. The first kappa shape index (κ1) is 20.1. The van der Waals surface area contributed by atoms with Gasteiger partial charge in [-0.05, 0) is 35.4 Å². The Bertz CT molecular complexity index is 817. The van der Waals surface area contributed by atoms with Gasteiger partial charge in [0.25, 0.3) is 0 Å². The van der Waals surface area contributed by atoms with Gasteiger partial charge >= 0.3 is 0 Å². The molecule has 6 N–H and O–H groups in total. The van der Waals surface area contributed by atoms with E-state index in [9.17, 15) is 30.6 Å². The van der Waals surface area contributed by atoms with E-state index >= 15 is 0 Å². The maximum absolute atomic E-state index is 10.1. The third-order valence-electron chi connectivity index (χ3n) is 4.38. The second-order valence-electron chi connectivity index (χ2n) is 6.50. The zero-order valence-corrected chi connectivity index (χ0v) is 14.8. The molecule has 0 aromatic heterocycles. The molecule has 0 aliphatic carbocycles. The molecule has 1 fully saturated rings. The number of rotatable bonds is 5. The maximum Gasteiger partial charge on any atom is 0.229 e. The van der Waals surface area contributed by atoms with Crippen LogP contribution in [0.5, 0.6) is 17.2 Å². The van der Waals surface area contributed by atoms with Crippen LogP contribution >= 0.6 is 0 Å². The molecule has 1 heterocycles. The molecule has 8 heteroatoms. The highest BCUT2D eigenvalue weighted by molar-refractivity contribution is 5.71. The summed E-state index contributed by atoms with van der Waals surface area (Å²) in [6.45, 7) is -0.564. The average Bonchev–Trinajstić information content (AvgIpc) is 2.67. The van der Waals surface area contributed by atoms with Gasteiger partial charge in [-0.2, -0.15) is 0 Å². The molecule has 0 saturated carbocycles. The Morgan fingerprint density at radius 2 is 1.50 bits per heavy atom. The molecule has 0 unspecified atom stereocenters. The lowest BCUT2D eigenvalue weighted by molar-refractivity contribution is -0.277. The van der Waals surface area contributed by atoms with Crippen LogP contribution in [0.4, 0.5) is 0 Å². The second kappa shape index (κ2) is 8.59. The third kappa shape index (κ3) is 4.61. The quantitative estimate of drug-likeness (QED) is 0.405. The average molecular weight is 390 g/mol. The molecule has 0 amide bonds. The van der Waals surface area contributed by atoms with Crippen LogP contribution < -0.4 is 4.74 Å². The Morgan fingerprint density at radius 1 is 0.821 bits per heavy atom. The van der Waals surface area contributed by atoms with Crippen molar-refractivity contribution < 1.29 is 40.1 Å². The minimum Gasteiger partial charge on any atom is -0.508 e. The molecule has 0 spiro atoms. The van der Waals surface area contributed by atoms with Crippen molar-refractivity contribution in [2.24, 2.45) is 0 Å². The lowest BCUT2D eigenvalue weighted by Crippen LogP contribution is -2.60. The van der Waals surface area contributed by atoms with Crippen LogP contribution in [0.25, 0.3) is 12.2 Å². The molecular formula is C20H22O8. The molecule has 150 valence electrons. The normalized spacial score (nSPS) is 27.8. The highest BCUT2D eigenvalue weighted by Gasteiger charge is 2.44. The van der Waals surface area contributed by atoms with Crippen LogP contribution in [0.15, 0.2) is 42.5 Å². The number of ether oxygens (including phenoxy) is 2. The van der Waals surface area contributed by atoms with Crippen molar-refractivity contribution in [2.75, 3.05) is 6.61 Å². The van der Waals surface area contributed by atoms with Gasteiger partial charge in [-0.1, -0.05) is 24.3 Å². The van der Waals surface area contributed by atoms with Gasteiger partial charge in [0.05, 0.1) is 6.61 Å². The fourth-order valence-electron chi connectivity index (χ4n) is 2.85. The lowest BCUT2D eigenvalue weighted by atomic mass is 9.99. The Morgan fingerprint density at radius 3 is 2.18 bits per heavy atom. The Kier molecular flexibility index (Phi) is 6.18. The van der Waals surface area contributed by atoms with Crippen molar-refractivity contribution in [3.05, 3.63) is 53.6 Å². The highest BCUT2D eigenvalue weighted by Crippen LogP contribution is 2.28. The monoisotopic (exact) mass is 390 g/mol. The van der Waals surface area contributed by atoms with Gasteiger partial charge in [0, 0.05) is 6.07 Å². The molecule has 0 radical (unpaired) electrons. The number of hydrogen-bond donors (Lipinski definition) is 6. The van der Waals surface area contributed by atoms with E-state index in [1.807, 2.05) is 0 Å². The van der Waals surface area contributed by atoms with E-state index in [0.717, 1.165) is 5.56 Å². The molecule has 1 aliphatic rings. The molecule has 3 rings (SSSR count). The van der Waals surface area contributed by atoms with E-state index in [2.05, 4.69) is 0 Å². The van der Waals surface area contributed by atoms with Crippen LogP contribution in [0.3, 0.4) is 0 Å². The summed E-state index contributed by atoms with van der Waals surface area (Å²) < 4.78 is 10.8. The number of benzene rings is 2. The highest BCUT2D eigenvalue weighted by atomic mass is 16.7. The zero-order chi connectivity index (χ0) is 20.3. The fourth-order valence-corrected chi connectivity index (χ4v) is 2.85. The van der Waals surface area contributed by atoms with Gasteiger partial charge in [-0.25, -0.2) is 0 Å². The predicted octanol–water partition coefficient (Wildman–Crippen LogP) is 0.447. The molecule has 2 aromatic rings. The van der Waals surface area contributed by atoms with Gasteiger partial charge in [0.2, 0.25) is 6.29 Å². The summed E-state index contributed by atoms with van der Waals surface area (Å²) in [6.07, 6.45) is -3.52. The predicted molar refractivity (Wildman–Crippen MR) is 99.5 cm³/mol. The van der Waals surface area contributed by atoms with E-state index in [-0.39, 0.29) is 17.2 Å². The fraction of sp³-hybridized carbons (Fsp3) is 0.300. The van der Waals surface area contributed by atoms with E-state index in [1.54, 1.807) is 42.5 Å². The maximum atomic E-state index is 10.1. The molecule has 0 bridgehead atoms. The summed E-state index contributed by atoms with van der Waals surface area (Å²) >= 11 is 0. The van der Waals surface area contributed by atoms with Gasteiger partial charge in [0.15, 0.2) is 0 Å². The molecule has 8 nitrogen and oxygen atoms in total. The van der Waals surface area contributed by atoms with Crippen LogP contribution in [-0.2, 0) is 4.74 Å². The van der Waals surface area contributed by atoms with Crippen LogP contribution in [0.2, 0.25) is 0 Å². The summed E-state index contributed by atoms with van der Waals surface area (Å²) in [5.41, 5.74) is 1.42. The lowest BCUT2D eigenvalue weighted by Gasteiger charge is -2.39. The smallest absolute Gasteiger partial charge is 0.229 e. The number of hydrogen-bond acceptors (Lipinski definition) is 8. The van der Waals surface area contributed by atoms with Crippen LogP contribution in [-0.4, -0.2) is 68.0 Å². The van der Waals surface area contributed by atoms with Crippen molar-refractivity contribution in [1.29, 1.82) is 0 Å². The number of phenolic OH excluding ortho intramolecular Hbond substituents is 2. The summed E-state index contributed by atoms with van der Waals surface area (Å²) in [5.74, 6) is 0.229. The first-order valence-corrected chi connectivity index (χ1v) is 8.65. The van der Waals surface area contributed by atoms with Crippen molar-refractivity contribution in [3.8, 4) is 17.2 Å². The molecular weight excluding hydrogens is 368 g/mol. The minimum atomic E-state index is -1.55. The number of aliphatic hydroxyl groups is 4. The summed E-state index contributed by atoms with van der Waals surface area (Å²) in [4.78, 5) is 0. The molecule has 5 atom stereocenters. The van der Waals surface area contributed by atoms with E-state index in [4.69, 9.17) is 9.47 Å². The summed E-state index contributed by atoms with van der Waals surface area (Å²) in [7, 11) is 0. The molecule has 1 saturated heterocycles. The van der Waals surface area contributed by atoms with Crippen molar-refractivity contribution in [3.63, 3.8) is 0 Å². The van der Waals surface area contributed by atoms with E-state index < -0.39 is 37.3 Å². The van der Waals surface area contributed by atoms with Gasteiger partial charge < -0.3 is 40.1 Å². The topological polar surface area (TPSA) is 140 Å². The van der Waals surface area contributed by atoms with Crippen molar-refractivity contribution >= 4 is 12.2 Å². The summed E-state index contributed by atoms with van der Waals surface area (Å²) in [6, 6.07) is 10.9. The van der Waals surface area contributed by atoms with Crippen LogP contribution in [0, 0.1) is 0 Å². The molecule has 2 aromatic carbocycles. The third-order valence-corrected chi connectivity index (χ3v) is 4.38. The standard InChI is InChI=1S/C20H22O8/c21-10-16-17(24)18(25)19(26)20(28-16)27-15-8-12(7-14(23)9-15)2-1-11-3-5-13(22)6-4-11/h1-9,16-26H,10H2/b2-1-/t16-,17-,18+,19-,20-/m0/s1. The van der Waals surface area contributed by atoms with Gasteiger partial charge in [0.1, 0.15) is 41.7 Å². The SMILES string of the molecule is OC[C@@H]1O[C@H](Oc2cc(O)cc(/C=C\c3ccc(O)cc3)c2)[C@@H](O)[C@H](O)[C@H]1O. The summed E-state index contributed by atoms with van der Waals surface area (Å²) in [5, 5.41) is 58.2. The van der Waals surface area contributed by atoms with E-state index in [0.29, 0.717) is 5.56 Å². The zero-order valence-electron chi connectivity index (χ0n) is 14.8. The van der Waals surface area contributed by atoms with E-state index in [1.165, 1.54) is 12.1 Å². The Balaban J connectivity index is 1.76. The van der Waals surface area contributed by atoms with Crippen molar-refractivity contribution in [2.45, 2.75) is 30.7 Å². The molecule has 28 heavy (non-hydrogen) atoms. The van der Waals surface area contributed by atoms with Crippen molar-refractivity contribution in [1.82, 2.24) is 0 Å². The molecule has 1 aliphatic heterocycles. The number of aromatic hydroxyl groups is 2. The number of phenols is 2. The largest absolute Gasteiger partial charge is 0.508 e. The first-order valence-electron chi connectivity index (χ1n) is 8.65. The van der Waals surface area contributed by atoms with Gasteiger partial charge in [-0.3, -0.25) is 0 Å². The van der Waals surface area contributed by atoms with Crippen LogP contribution in [0.1, 0.15) is 11.1 Å². The minimum absolute atomic E-state index is 0.0903. The Hall–Kier alpha value is -2.62. The Labute approximate surface area is 161 Å². The second-order valence-corrected chi connectivity index (χ2v) is 6.50. The first-order chi connectivity index (χ1) is 13.4. The van der Waals surface area contributed by atoms with Gasteiger partial charge in [-0.15, -0.1) is 0 Å².